The number of para-hydroxylation sites is 1. The van der Waals surface area contributed by atoms with E-state index in [0.29, 0.717) is 22.6 Å². The van der Waals surface area contributed by atoms with Gasteiger partial charge in [0.25, 0.3) is 5.69 Å². The van der Waals surface area contributed by atoms with Crippen molar-refractivity contribution in [3.63, 3.8) is 0 Å². The Balaban J connectivity index is 2.18. The summed E-state index contributed by atoms with van der Waals surface area (Å²) in [5, 5.41) is 23.5. The Hall–Kier alpha value is -3.20. The molecule has 0 spiro atoms. The Morgan fingerprint density at radius 3 is 2.52 bits per heavy atom. The number of nitro groups is 1. The van der Waals surface area contributed by atoms with Gasteiger partial charge in [0, 0.05) is 12.1 Å². The van der Waals surface area contributed by atoms with E-state index in [4.69, 9.17) is 10.1 Å². The molecule has 0 radical (unpaired) electrons. The first-order chi connectivity index (χ1) is 10.1. The van der Waals surface area contributed by atoms with Crippen LogP contribution in [0.25, 0.3) is 0 Å². The molecule has 104 valence electrons. The van der Waals surface area contributed by atoms with Gasteiger partial charge in [-0.2, -0.15) is 5.26 Å². The molecule has 0 aliphatic rings. The molecule has 0 aliphatic heterocycles. The number of hydrogen-bond acceptors (Lipinski definition) is 5. The number of nitro benzene ring substituents is 1. The van der Waals surface area contributed by atoms with Crippen molar-refractivity contribution < 1.29 is 9.76 Å². The first-order valence-electron chi connectivity index (χ1n) is 6.07. The lowest BCUT2D eigenvalue weighted by molar-refractivity contribution is -0.384. The van der Waals surface area contributed by atoms with E-state index in [9.17, 15) is 10.1 Å². The van der Waals surface area contributed by atoms with Gasteiger partial charge in [0.1, 0.15) is 6.07 Å². The summed E-state index contributed by atoms with van der Waals surface area (Å²) in [6.45, 7) is 1.72. The third-order valence-corrected chi connectivity index (χ3v) is 2.78. The zero-order valence-electron chi connectivity index (χ0n) is 11.2. The summed E-state index contributed by atoms with van der Waals surface area (Å²) in [6.07, 6.45) is 0. The van der Waals surface area contributed by atoms with Crippen LogP contribution in [0.3, 0.4) is 0 Å². The van der Waals surface area contributed by atoms with E-state index in [1.165, 1.54) is 12.1 Å². The second-order valence-electron chi connectivity index (χ2n) is 4.18. The number of hydrogen-bond donors (Lipinski definition) is 0. The molecule has 0 unspecified atom stereocenters. The number of nitrogens with zero attached hydrogens (tertiary/aromatic N) is 3. The van der Waals surface area contributed by atoms with Crippen LogP contribution in [-0.2, 0) is 0 Å². The predicted octanol–water partition coefficient (Wildman–Crippen LogP) is 3.27. The van der Waals surface area contributed by atoms with Gasteiger partial charge in [-0.15, -0.1) is 0 Å². The lowest BCUT2D eigenvalue weighted by Gasteiger charge is -2.03. The topological polar surface area (TPSA) is 88.5 Å². The van der Waals surface area contributed by atoms with Crippen LogP contribution in [0.2, 0.25) is 0 Å². The molecule has 0 bridgehead atoms. The molecule has 2 aromatic rings. The monoisotopic (exact) mass is 281 g/mol. The SMILES string of the molecule is C/C(=N\Oc1ccccc1C#N)c1ccc([N+](=O)[O-])cc1. The minimum Gasteiger partial charge on any atom is -0.355 e. The van der Waals surface area contributed by atoms with Gasteiger partial charge in [-0.25, -0.2) is 0 Å². The lowest BCUT2D eigenvalue weighted by atomic mass is 10.1. The van der Waals surface area contributed by atoms with E-state index in [2.05, 4.69) is 5.16 Å². The van der Waals surface area contributed by atoms with Crippen molar-refractivity contribution in [3.8, 4) is 11.8 Å². The Morgan fingerprint density at radius 1 is 1.24 bits per heavy atom. The fourth-order valence-electron chi connectivity index (χ4n) is 1.63. The van der Waals surface area contributed by atoms with Crippen LogP contribution in [-0.4, -0.2) is 10.6 Å². The first-order valence-corrected chi connectivity index (χ1v) is 6.07. The molecule has 6 nitrogen and oxygen atoms in total. The maximum Gasteiger partial charge on any atom is 0.269 e. The zero-order valence-corrected chi connectivity index (χ0v) is 11.2. The minimum atomic E-state index is -0.462. The smallest absolute Gasteiger partial charge is 0.269 e. The van der Waals surface area contributed by atoms with E-state index < -0.39 is 4.92 Å². The van der Waals surface area contributed by atoms with Crippen LogP contribution in [0.15, 0.2) is 53.7 Å². The highest BCUT2D eigenvalue weighted by molar-refractivity contribution is 5.98. The van der Waals surface area contributed by atoms with Crippen molar-refractivity contribution in [2.75, 3.05) is 0 Å². The molecule has 0 N–H and O–H groups in total. The lowest BCUT2D eigenvalue weighted by Crippen LogP contribution is -1.99. The predicted molar refractivity (Wildman–Crippen MR) is 77.1 cm³/mol. The highest BCUT2D eigenvalue weighted by Crippen LogP contribution is 2.18. The Kier molecular flexibility index (Phi) is 4.26. The number of nitriles is 1. The maximum atomic E-state index is 10.6. The molecular weight excluding hydrogens is 270 g/mol. The maximum absolute atomic E-state index is 10.6. The van der Waals surface area contributed by atoms with Gasteiger partial charge in [-0.1, -0.05) is 17.3 Å². The zero-order chi connectivity index (χ0) is 15.2. The summed E-state index contributed by atoms with van der Waals surface area (Å²) in [5.74, 6) is 0.362. The summed E-state index contributed by atoms with van der Waals surface area (Å²) in [5.41, 5.74) is 1.66. The van der Waals surface area contributed by atoms with Crippen LogP contribution < -0.4 is 4.84 Å². The molecule has 0 aromatic heterocycles. The normalized spacial score (nSPS) is 10.8. The van der Waals surface area contributed by atoms with Crippen LogP contribution in [0, 0.1) is 21.4 Å². The van der Waals surface area contributed by atoms with Gasteiger partial charge in [-0.05, 0) is 36.8 Å². The second-order valence-corrected chi connectivity index (χ2v) is 4.18. The summed E-state index contributed by atoms with van der Waals surface area (Å²) >= 11 is 0. The van der Waals surface area contributed by atoms with Gasteiger partial charge >= 0.3 is 0 Å². The Morgan fingerprint density at radius 2 is 1.90 bits per heavy atom. The molecule has 6 heteroatoms. The van der Waals surface area contributed by atoms with Crippen molar-refractivity contribution in [1.82, 2.24) is 0 Å². The quantitative estimate of drug-likeness (QED) is 0.488. The molecule has 0 fully saturated rings. The standard InChI is InChI=1S/C15H11N3O3/c1-11(12-6-8-14(9-7-12)18(19)20)17-21-15-5-3-2-4-13(15)10-16/h2-9H,1H3/b17-11+. The fourth-order valence-corrected chi connectivity index (χ4v) is 1.63. The molecule has 2 aromatic carbocycles. The minimum absolute atomic E-state index is 0.0160. The van der Waals surface area contributed by atoms with E-state index in [1.54, 1.807) is 43.3 Å². The molecule has 0 saturated carbocycles. The highest BCUT2D eigenvalue weighted by atomic mass is 16.6. The van der Waals surface area contributed by atoms with Crippen LogP contribution in [0.4, 0.5) is 5.69 Å². The van der Waals surface area contributed by atoms with Gasteiger partial charge in [0.05, 0.1) is 16.2 Å². The molecule has 21 heavy (non-hydrogen) atoms. The largest absolute Gasteiger partial charge is 0.355 e. The van der Waals surface area contributed by atoms with Gasteiger partial charge < -0.3 is 4.84 Å². The van der Waals surface area contributed by atoms with Gasteiger partial charge in [0.15, 0.2) is 5.75 Å². The third-order valence-electron chi connectivity index (χ3n) is 2.78. The number of non-ortho nitro benzene ring substituents is 1. The summed E-state index contributed by atoms with van der Waals surface area (Å²) in [4.78, 5) is 15.4. The van der Waals surface area contributed by atoms with Crippen molar-refractivity contribution in [3.05, 3.63) is 69.8 Å². The molecule has 0 atom stereocenters. The molecule has 0 heterocycles. The van der Waals surface area contributed by atoms with E-state index in [1.807, 2.05) is 6.07 Å². The molecular formula is C15H11N3O3. The first kappa shape index (κ1) is 14.2. The third kappa shape index (κ3) is 3.42. The molecule has 0 saturated heterocycles. The van der Waals surface area contributed by atoms with Gasteiger partial charge in [0.2, 0.25) is 0 Å². The summed E-state index contributed by atoms with van der Waals surface area (Å²) in [7, 11) is 0. The number of oxime groups is 1. The van der Waals surface area contributed by atoms with Crippen LogP contribution in [0.5, 0.6) is 5.75 Å². The molecule has 0 amide bonds. The van der Waals surface area contributed by atoms with Crippen molar-refractivity contribution in [2.24, 2.45) is 5.16 Å². The van der Waals surface area contributed by atoms with Crippen molar-refractivity contribution in [1.29, 1.82) is 5.26 Å². The summed E-state index contributed by atoms with van der Waals surface area (Å²) in [6, 6.07) is 14.8. The average molecular weight is 281 g/mol. The fraction of sp³-hybridized carbons (Fsp3) is 0.0667. The van der Waals surface area contributed by atoms with Crippen LogP contribution >= 0.6 is 0 Å². The molecule has 0 aliphatic carbocycles. The van der Waals surface area contributed by atoms with Crippen LogP contribution in [0.1, 0.15) is 18.1 Å². The van der Waals surface area contributed by atoms with E-state index in [-0.39, 0.29) is 5.69 Å². The van der Waals surface area contributed by atoms with E-state index >= 15 is 0 Å². The van der Waals surface area contributed by atoms with Crippen molar-refractivity contribution >= 4 is 11.4 Å². The Labute approximate surface area is 121 Å². The Bertz CT molecular complexity index is 731. The van der Waals surface area contributed by atoms with Gasteiger partial charge in [-0.3, -0.25) is 10.1 Å². The summed E-state index contributed by atoms with van der Waals surface area (Å²) < 4.78 is 0. The van der Waals surface area contributed by atoms with E-state index in [0.717, 1.165) is 0 Å². The number of benzene rings is 2. The second kappa shape index (κ2) is 6.30. The molecule has 2 rings (SSSR count). The number of rotatable bonds is 4. The average Bonchev–Trinajstić information content (AvgIpc) is 2.52. The highest BCUT2D eigenvalue weighted by Gasteiger charge is 2.06. The van der Waals surface area contributed by atoms with Crippen molar-refractivity contribution in [2.45, 2.75) is 6.92 Å².